The molecule has 1 aliphatic heterocycles. The van der Waals surface area contributed by atoms with Crippen molar-refractivity contribution in [2.45, 2.75) is 19.3 Å². The molecule has 64 valence electrons. The van der Waals surface area contributed by atoms with E-state index in [9.17, 15) is 0 Å². The molecule has 0 aromatic carbocycles. The Morgan fingerprint density at radius 2 is 2.33 bits per heavy atom. The number of nitrogen functional groups attached to an aromatic ring is 1. The van der Waals surface area contributed by atoms with Gasteiger partial charge in [0.05, 0.1) is 0 Å². The van der Waals surface area contributed by atoms with Crippen LogP contribution < -0.4 is 11.1 Å². The smallest absolute Gasteiger partial charge is 0.221 e. The largest absolute Gasteiger partial charge is 0.369 e. The molecule has 0 bridgehead atoms. The number of hydrogen-bond acceptors (Lipinski definition) is 4. The third-order valence-electron chi connectivity index (χ3n) is 2.23. The SMILES string of the molecule is CC1(C)CNc2nc(N)ncc21. The summed E-state index contributed by atoms with van der Waals surface area (Å²) in [7, 11) is 0. The second-order valence-electron chi connectivity index (χ2n) is 3.73. The minimum atomic E-state index is 0.128. The Hall–Kier alpha value is -1.32. The van der Waals surface area contributed by atoms with Gasteiger partial charge < -0.3 is 11.1 Å². The highest BCUT2D eigenvalue weighted by molar-refractivity contribution is 5.55. The van der Waals surface area contributed by atoms with Gasteiger partial charge >= 0.3 is 0 Å². The molecular weight excluding hydrogens is 152 g/mol. The normalized spacial score (nSPS) is 18.5. The molecule has 1 aromatic rings. The third kappa shape index (κ3) is 0.913. The monoisotopic (exact) mass is 164 g/mol. The third-order valence-corrected chi connectivity index (χ3v) is 2.23. The summed E-state index contributed by atoms with van der Waals surface area (Å²) in [5, 5.41) is 3.20. The van der Waals surface area contributed by atoms with Crippen LogP contribution in [0.5, 0.6) is 0 Å². The number of rotatable bonds is 0. The zero-order chi connectivity index (χ0) is 8.77. The van der Waals surface area contributed by atoms with Crippen LogP contribution in [0.3, 0.4) is 0 Å². The van der Waals surface area contributed by atoms with Gasteiger partial charge in [0.25, 0.3) is 0 Å². The minimum absolute atomic E-state index is 0.128. The highest BCUT2D eigenvalue weighted by Gasteiger charge is 2.30. The lowest BCUT2D eigenvalue weighted by Crippen LogP contribution is -2.19. The van der Waals surface area contributed by atoms with E-state index in [2.05, 4.69) is 29.1 Å². The summed E-state index contributed by atoms with van der Waals surface area (Å²) in [6, 6.07) is 0. The summed E-state index contributed by atoms with van der Waals surface area (Å²) in [4.78, 5) is 8.08. The van der Waals surface area contributed by atoms with Crippen molar-refractivity contribution in [1.82, 2.24) is 9.97 Å². The molecule has 2 rings (SSSR count). The number of fused-ring (bicyclic) bond motifs is 1. The van der Waals surface area contributed by atoms with Gasteiger partial charge in [-0.25, -0.2) is 4.98 Å². The lowest BCUT2D eigenvalue weighted by molar-refractivity contribution is 0.584. The van der Waals surface area contributed by atoms with Gasteiger partial charge in [-0.3, -0.25) is 0 Å². The molecule has 1 aliphatic rings. The summed E-state index contributed by atoms with van der Waals surface area (Å²) in [5.74, 6) is 1.21. The fraction of sp³-hybridized carbons (Fsp3) is 0.500. The molecule has 3 N–H and O–H groups in total. The summed E-state index contributed by atoms with van der Waals surface area (Å²) in [6.45, 7) is 5.22. The molecule has 0 saturated heterocycles. The predicted molar refractivity (Wildman–Crippen MR) is 48.0 cm³/mol. The van der Waals surface area contributed by atoms with Crippen LogP contribution >= 0.6 is 0 Å². The van der Waals surface area contributed by atoms with Crippen LogP contribution in [0.4, 0.5) is 11.8 Å². The number of anilines is 2. The maximum absolute atomic E-state index is 5.46. The number of aromatic nitrogens is 2. The van der Waals surface area contributed by atoms with E-state index in [4.69, 9.17) is 5.73 Å². The van der Waals surface area contributed by atoms with Crippen molar-refractivity contribution in [3.8, 4) is 0 Å². The van der Waals surface area contributed by atoms with Gasteiger partial charge in [0.1, 0.15) is 5.82 Å². The number of nitrogens with two attached hydrogens (primary N) is 1. The van der Waals surface area contributed by atoms with Gasteiger partial charge in [0.15, 0.2) is 0 Å². The van der Waals surface area contributed by atoms with Crippen molar-refractivity contribution in [1.29, 1.82) is 0 Å². The molecule has 2 heterocycles. The molecule has 0 radical (unpaired) electrons. The first-order valence-electron chi connectivity index (χ1n) is 3.96. The first-order chi connectivity index (χ1) is 5.59. The van der Waals surface area contributed by atoms with Crippen molar-refractivity contribution >= 4 is 11.8 Å². The number of nitrogens with zero attached hydrogens (tertiary/aromatic N) is 2. The Kier molecular flexibility index (Phi) is 1.28. The Bertz CT molecular complexity index is 319. The Morgan fingerprint density at radius 1 is 1.58 bits per heavy atom. The molecule has 0 spiro atoms. The van der Waals surface area contributed by atoms with E-state index in [0.717, 1.165) is 17.9 Å². The Labute approximate surface area is 71.2 Å². The van der Waals surface area contributed by atoms with Crippen molar-refractivity contribution in [2.24, 2.45) is 0 Å². The maximum Gasteiger partial charge on any atom is 0.221 e. The molecule has 0 atom stereocenters. The van der Waals surface area contributed by atoms with Crippen LogP contribution in [0.15, 0.2) is 6.20 Å². The second kappa shape index (κ2) is 2.09. The van der Waals surface area contributed by atoms with Gasteiger partial charge in [-0.1, -0.05) is 13.8 Å². The average molecular weight is 164 g/mol. The first kappa shape index (κ1) is 7.34. The first-order valence-corrected chi connectivity index (χ1v) is 3.96. The maximum atomic E-state index is 5.46. The van der Waals surface area contributed by atoms with E-state index in [0.29, 0.717) is 5.95 Å². The molecule has 4 nitrogen and oxygen atoms in total. The second-order valence-corrected chi connectivity index (χ2v) is 3.73. The molecule has 0 unspecified atom stereocenters. The van der Waals surface area contributed by atoms with Crippen LogP contribution in [0.25, 0.3) is 0 Å². The van der Waals surface area contributed by atoms with Crippen LogP contribution in [0.2, 0.25) is 0 Å². The summed E-state index contributed by atoms with van der Waals surface area (Å²) >= 11 is 0. The molecule has 4 heteroatoms. The van der Waals surface area contributed by atoms with Gasteiger partial charge in [-0.15, -0.1) is 0 Å². The van der Waals surface area contributed by atoms with Gasteiger partial charge in [0.2, 0.25) is 5.95 Å². The summed E-state index contributed by atoms with van der Waals surface area (Å²) in [5.41, 5.74) is 6.73. The molecule has 0 saturated carbocycles. The molecule has 0 amide bonds. The Balaban J connectivity index is 2.55. The van der Waals surface area contributed by atoms with Crippen molar-refractivity contribution < 1.29 is 0 Å². The predicted octanol–water partition coefficient (Wildman–Crippen LogP) is 0.762. The van der Waals surface area contributed by atoms with Gasteiger partial charge in [-0.2, -0.15) is 4.98 Å². The topological polar surface area (TPSA) is 63.8 Å². The van der Waals surface area contributed by atoms with Crippen LogP contribution in [0, 0.1) is 0 Å². The fourth-order valence-electron chi connectivity index (χ4n) is 1.43. The van der Waals surface area contributed by atoms with Crippen molar-refractivity contribution in [3.63, 3.8) is 0 Å². The number of hydrogen-bond donors (Lipinski definition) is 2. The van der Waals surface area contributed by atoms with E-state index < -0.39 is 0 Å². The zero-order valence-corrected chi connectivity index (χ0v) is 7.26. The minimum Gasteiger partial charge on any atom is -0.369 e. The lowest BCUT2D eigenvalue weighted by atomic mass is 9.89. The van der Waals surface area contributed by atoms with Gasteiger partial charge in [-0.05, 0) is 0 Å². The van der Waals surface area contributed by atoms with E-state index in [1.54, 1.807) is 6.20 Å². The summed E-state index contributed by atoms with van der Waals surface area (Å²) < 4.78 is 0. The van der Waals surface area contributed by atoms with E-state index in [1.807, 2.05) is 0 Å². The lowest BCUT2D eigenvalue weighted by Gasteiger charge is -2.15. The standard InChI is InChI=1S/C8H12N4/c1-8(2)4-11-6-5(8)3-10-7(9)12-6/h3H,4H2,1-2H3,(H3,9,10,11,12). The molecular formula is C8H12N4. The van der Waals surface area contributed by atoms with Crippen LogP contribution in [-0.2, 0) is 5.41 Å². The molecule has 1 aromatic heterocycles. The van der Waals surface area contributed by atoms with E-state index in [1.165, 1.54) is 0 Å². The highest BCUT2D eigenvalue weighted by atomic mass is 15.1. The summed E-state index contributed by atoms with van der Waals surface area (Å²) in [6.07, 6.45) is 1.80. The Morgan fingerprint density at radius 3 is 3.08 bits per heavy atom. The molecule has 0 aliphatic carbocycles. The van der Waals surface area contributed by atoms with E-state index in [-0.39, 0.29) is 5.41 Å². The highest BCUT2D eigenvalue weighted by Crippen LogP contribution is 2.33. The van der Waals surface area contributed by atoms with Crippen LogP contribution in [0.1, 0.15) is 19.4 Å². The van der Waals surface area contributed by atoms with Crippen LogP contribution in [-0.4, -0.2) is 16.5 Å². The van der Waals surface area contributed by atoms with Gasteiger partial charge in [0, 0.05) is 23.7 Å². The quantitative estimate of drug-likeness (QED) is 0.594. The van der Waals surface area contributed by atoms with Crippen molar-refractivity contribution in [3.05, 3.63) is 11.8 Å². The average Bonchev–Trinajstić information content (AvgIpc) is 2.27. The van der Waals surface area contributed by atoms with E-state index >= 15 is 0 Å². The van der Waals surface area contributed by atoms with Crippen molar-refractivity contribution in [2.75, 3.05) is 17.6 Å². The molecule has 12 heavy (non-hydrogen) atoms. The molecule has 0 fully saturated rings. The number of nitrogens with one attached hydrogen (secondary N) is 1. The fourth-order valence-corrected chi connectivity index (χ4v) is 1.43. The zero-order valence-electron chi connectivity index (χ0n) is 7.26.